The van der Waals surface area contributed by atoms with Crippen LogP contribution in [0.5, 0.6) is 11.5 Å². The van der Waals surface area contributed by atoms with E-state index in [9.17, 15) is 4.79 Å². The second-order valence-corrected chi connectivity index (χ2v) is 9.11. The number of carbonyl (C=O) groups is 1. The van der Waals surface area contributed by atoms with Gasteiger partial charge in [-0.2, -0.15) is 0 Å². The van der Waals surface area contributed by atoms with Gasteiger partial charge in [-0.15, -0.1) is 0 Å². The number of nitrogens with one attached hydrogen (secondary N) is 1. The fraction of sp³-hybridized carbons (Fsp3) is 0.345. The molecule has 184 valence electrons. The van der Waals surface area contributed by atoms with Crippen LogP contribution in [0.15, 0.2) is 60.7 Å². The number of rotatable bonds is 8. The minimum absolute atomic E-state index is 0.0285. The largest absolute Gasteiger partial charge is 0.497 e. The predicted octanol–water partition coefficient (Wildman–Crippen LogP) is 4.57. The minimum Gasteiger partial charge on any atom is -0.497 e. The molecule has 1 aliphatic heterocycles. The normalized spacial score (nSPS) is 14.0. The van der Waals surface area contributed by atoms with E-state index >= 15 is 0 Å². The Morgan fingerprint density at radius 3 is 2.46 bits per heavy atom. The summed E-state index contributed by atoms with van der Waals surface area (Å²) in [5.41, 5.74) is 6.30. The molecule has 0 unspecified atom stereocenters. The first-order valence-electron chi connectivity index (χ1n) is 12.1. The maximum absolute atomic E-state index is 12.7. The first-order chi connectivity index (χ1) is 17.0. The Labute approximate surface area is 208 Å². The number of benzene rings is 3. The summed E-state index contributed by atoms with van der Waals surface area (Å²) in [6.45, 7) is 9.20. The van der Waals surface area contributed by atoms with Crippen LogP contribution in [-0.2, 0) is 13.1 Å². The van der Waals surface area contributed by atoms with Crippen LogP contribution in [0.1, 0.15) is 32.6 Å². The van der Waals surface area contributed by atoms with E-state index in [4.69, 9.17) is 9.47 Å². The smallest absolute Gasteiger partial charge is 0.251 e. The molecule has 1 amide bonds. The lowest BCUT2D eigenvalue weighted by Crippen LogP contribution is -2.46. The Hall–Kier alpha value is -3.51. The zero-order valence-corrected chi connectivity index (χ0v) is 21.1. The molecule has 35 heavy (non-hydrogen) atoms. The lowest BCUT2D eigenvalue weighted by Gasteiger charge is -2.36. The third kappa shape index (κ3) is 6.14. The van der Waals surface area contributed by atoms with Crippen LogP contribution in [0, 0.1) is 13.8 Å². The topological polar surface area (TPSA) is 54.0 Å². The Morgan fingerprint density at radius 2 is 1.71 bits per heavy atom. The number of carbonyl (C=O) groups excluding carboxylic acids is 1. The molecular formula is C29H35N3O3. The lowest BCUT2D eigenvalue weighted by molar-refractivity contribution is 0.0950. The van der Waals surface area contributed by atoms with E-state index < -0.39 is 0 Å². The first-order valence-corrected chi connectivity index (χ1v) is 12.1. The molecule has 1 aliphatic rings. The van der Waals surface area contributed by atoms with E-state index in [0.29, 0.717) is 6.54 Å². The molecule has 1 fully saturated rings. The molecule has 0 aliphatic carbocycles. The second kappa shape index (κ2) is 11.3. The molecule has 3 aromatic rings. The van der Waals surface area contributed by atoms with E-state index in [-0.39, 0.29) is 5.91 Å². The summed E-state index contributed by atoms with van der Waals surface area (Å²) < 4.78 is 10.9. The first kappa shape index (κ1) is 24.6. The van der Waals surface area contributed by atoms with Gasteiger partial charge in [0, 0.05) is 62.1 Å². The number of methoxy groups -OCH3 is 2. The Morgan fingerprint density at radius 1 is 0.914 bits per heavy atom. The highest BCUT2D eigenvalue weighted by Crippen LogP contribution is 2.26. The molecule has 3 aromatic carbocycles. The van der Waals surface area contributed by atoms with Gasteiger partial charge in [0.1, 0.15) is 11.5 Å². The van der Waals surface area contributed by atoms with Crippen LogP contribution in [0.25, 0.3) is 0 Å². The molecule has 0 spiro atoms. The number of ether oxygens (including phenoxy) is 2. The van der Waals surface area contributed by atoms with Gasteiger partial charge in [0.25, 0.3) is 5.91 Å². The number of piperazine rings is 1. The maximum atomic E-state index is 12.7. The molecule has 1 saturated heterocycles. The summed E-state index contributed by atoms with van der Waals surface area (Å²) >= 11 is 0. The third-order valence-electron chi connectivity index (χ3n) is 6.63. The van der Waals surface area contributed by atoms with Crippen LogP contribution in [0.2, 0.25) is 0 Å². The summed E-state index contributed by atoms with van der Waals surface area (Å²) in [4.78, 5) is 17.6. The summed E-state index contributed by atoms with van der Waals surface area (Å²) in [6, 6.07) is 20.5. The zero-order valence-electron chi connectivity index (χ0n) is 21.1. The van der Waals surface area contributed by atoms with Gasteiger partial charge in [-0.1, -0.05) is 35.9 Å². The molecule has 0 radical (unpaired) electrons. The van der Waals surface area contributed by atoms with Crippen molar-refractivity contribution in [3.8, 4) is 11.5 Å². The minimum atomic E-state index is -0.0285. The van der Waals surface area contributed by atoms with Gasteiger partial charge in [0.2, 0.25) is 0 Å². The number of aryl methyl sites for hydroxylation is 2. The number of nitrogens with zero attached hydrogens (tertiary/aromatic N) is 2. The third-order valence-corrected chi connectivity index (χ3v) is 6.63. The van der Waals surface area contributed by atoms with Gasteiger partial charge in [0.05, 0.1) is 14.2 Å². The fourth-order valence-electron chi connectivity index (χ4n) is 4.51. The predicted molar refractivity (Wildman–Crippen MR) is 141 cm³/mol. The molecular weight excluding hydrogens is 438 g/mol. The molecule has 0 bridgehead atoms. The van der Waals surface area contributed by atoms with E-state index in [0.717, 1.165) is 66.5 Å². The van der Waals surface area contributed by atoms with Gasteiger partial charge in [-0.3, -0.25) is 9.69 Å². The molecule has 4 rings (SSSR count). The zero-order chi connectivity index (χ0) is 24.8. The summed E-state index contributed by atoms with van der Waals surface area (Å²) in [6.07, 6.45) is 0. The maximum Gasteiger partial charge on any atom is 0.251 e. The van der Waals surface area contributed by atoms with Gasteiger partial charge < -0.3 is 19.7 Å². The van der Waals surface area contributed by atoms with Crippen molar-refractivity contribution in [2.75, 3.05) is 45.3 Å². The van der Waals surface area contributed by atoms with Crippen molar-refractivity contribution in [3.05, 3.63) is 88.5 Å². The molecule has 1 N–H and O–H groups in total. The summed E-state index contributed by atoms with van der Waals surface area (Å²) in [7, 11) is 3.37. The lowest BCUT2D eigenvalue weighted by atomic mass is 10.0. The number of amides is 1. The number of hydrogen-bond acceptors (Lipinski definition) is 5. The van der Waals surface area contributed by atoms with E-state index in [2.05, 4.69) is 45.4 Å². The van der Waals surface area contributed by atoms with Crippen molar-refractivity contribution in [1.29, 1.82) is 0 Å². The highest BCUT2D eigenvalue weighted by molar-refractivity contribution is 5.95. The average molecular weight is 474 g/mol. The fourth-order valence-corrected chi connectivity index (χ4v) is 4.51. The van der Waals surface area contributed by atoms with Crippen molar-refractivity contribution in [1.82, 2.24) is 10.2 Å². The van der Waals surface area contributed by atoms with Crippen molar-refractivity contribution < 1.29 is 14.3 Å². The molecule has 0 atom stereocenters. The SMILES string of the molecule is COc1ccc(CN2CCN(c3cccc(CNC(=O)c4cc(C)ccc4C)c3)CC2)c(OC)c1. The van der Waals surface area contributed by atoms with Crippen molar-refractivity contribution in [2.45, 2.75) is 26.9 Å². The van der Waals surface area contributed by atoms with Gasteiger partial charge in [-0.25, -0.2) is 0 Å². The molecule has 0 aromatic heterocycles. The average Bonchev–Trinajstić information content (AvgIpc) is 2.89. The highest BCUT2D eigenvalue weighted by atomic mass is 16.5. The van der Waals surface area contributed by atoms with Crippen LogP contribution < -0.4 is 19.7 Å². The van der Waals surface area contributed by atoms with Gasteiger partial charge in [-0.05, 0) is 49.2 Å². The van der Waals surface area contributed by atoms with Gasteiger partial charge in [0.15, 0.2) is 0 Å². The number of anilines is 1. The van der Waals surface area contributed by atoms with Crippen LogP contribution in [0.3, 0.4) is 0 Å². The van der Waals surface area contributed by atoms with Crippen LogP contribution in [-0.4, -0.2) is 51.2 Å². The van der Waals surface area contributed by atoms with Crippen molar-refractivity contribution in [2.24, 2.45) is 0 Å². The quantitative estimate of drug-likeness (QED) is 0.519. The van der Waals surface area contributed by atoms with E-state index in [1.54, 1.807) is 14.2 Å². The molecule has 0 saturated carbocycles. The van der Waals surface area contributed by atoms with E-state index in [1.807, 2.05) is 44.2 Å². The standard InChI is InChI=1S/C29H35N3O3/c1-21-8-9-22(2)27(16-21)29(33)30-19-23-6-5-7-25(17-23)32-14-12-31(13-15-32)20-24-10-11-26(34-3)18-28(24)35-4/h5-11,16-18H,12-15,19-20H2,1-4H3,(H,30,33). The number of hydrogen-bond donors (Lipinski definition) is 1. The summed E-state index contributed by atoms with van der Waals surface area (Å²) in [5.74, 6) is 1.64. The highest BCUT2D eigenvalue weighted by Gasteiger charge is 2.19. The Kier molecular flexibility index (Phi) is 7.93. The van der Waals surface area contributed by atoms with Gasteiger partial charge >= 0.3 is 0 Å². The Bertz CT molecular complexity index is 1170. The molecule has 6 heteroatoms. The monoisotopic (exact) mass is 473 g/mol. The Balaban J connectivity index is 1.33. The van der Waals surface area contributed by atoms with Crippen LogP contribution >= 0.6 is 0 Å². The van der Waals surface area contributed by atoms with Crippen LogP contribution in [0.4, 0.5) is 5.69 Å². The summed E-state index contributed by atoms with van der Waals surface area (Å²) in [5, 5.41) is 3.08. The van der Waals surface area contributed by atoms with E-state index in [1.165, 1.54) is 11.3 Å². The van der Waals surface area contributed by atoms with Crippen molar-refractivity contribution in [3.63, 3.8) is 0 Å². The molecule has 1 heterocycles. The van der Waals surface area contributed by atoms with Crippen molar-refractivity contribution >= 4 is 11.6 Å². The molecule has 6 nitrogen and oxygen atoms in total. The second-order valence-electron chi connectivity index (χ2n) is 9.11.